The molecule has 10 nitrogen and oxygen atoms in total. The number of amides is 2. The second-order valence-corrected chi connectivity index (χ2v) is 8.72. The molecule has 5 rings (SSSR count). The number of nitrogens with one attached hydrogen (secondary N) is 3. The Balaban J connectivity index is 1.60. The maximum absolute atomic E-state index is 14.0. The van der Waals surface area contributed by atoms with Gasteiger partial charge in [0, 0.05) is 46.9 Å². The van der Waals surface area contributed by atoms with Crippen LogP contribution in [-0.4, -0.2) is 46.0 Å². The molecule has 3 aromatic heterocycles. The quantitative estimate of drug-likeness (QED) is 0.509. The first kappa shape index (κ1) is 19.2. The number of halogens is 1. The fourth-order valence-corrected chi connectivity index (χ4v) is 4.17. The monoisotopic (exact) mass is 479 g/mol. The van der Waals surface area contributed by atoms with E-state index in [1.54, 1.807) is 6.92 Å². The largest absolute Gasteiger partial charge is 0.364 e. The molecule has 2 amide bonds. The molecule has 1 aliphatic carbocycles. The van der Waals surface area contributed by atoms with Crippen LogP contribution in [-0.2, 0) is 4.79 Å². The molecule has 1 atom stereocenters. The van der Waals surface area contributed by atoms with Gasteiger partial charge in [0.15, 0.2) is 17.3 Å². The summed E-state index contributed by atoms with van der Waals surface area (Å²) in [6.45, 7) is 0.929. The summed E-state index contributed by atoms with van der Waals surface area (Å²) in [4.78, 5) is 36.0. The summed E-state index contributed by atoms with van der Waals surface area (Å²) in [5.74, 6) is -1.29. The van der Waals surface area contributed by atoms with Crippen LogP contribution in [0.3, 0.4) is 0 Å². The molecule has 0 spiro atoms. The summed E-state index contributed by atoms with van der Waals surface area (Å²) in [7, 11) is 1.83. The Hall–Kier alpha value is -4.15. The van der Waals surface area contributed by atoms with Crippen molar-refractivity contribution in [3.8, 4) is 11.3 Å². The molecule has 4 heterocycles. The second kappa shape index (κ2) is 8.57. The van der Waals surface area contributed by atoms with Gasteiger partial charge in [-0.15, -0.1) is 10.2 Å². The summed E-state index contributed by atoms with van der Waals surface area (Å²) in [5.41, 5.74) is 3.06. The minimum atomic E-state index is -2.75. The van der Waals surface area contributed by atoms with Crippen LogP contribution in [0.2, 0.25) is 0 Å². The number of aryl methyl sites for hydroxylation is 1. The molecule has 1 aliphatic heterocycles. The van der Waals surface area contributed by atoms with E-state index in [0.717, 1.165) is 19.0 Å². The molecule has 0 aromatic carbocycles. The fraction of sp³-hybridized carbons (Fsp3) is 0.333. The highest BCUT2D eigenvalue weighted by atomic mass is 19.1. The predicted molar refractivity (Wildman–Crippen MR) is 129 cm³/mol. The summed E-state index contributed by atoms with van der Waals surface area (Å²) in [6.07, 6.45) is 2.72. The van der Waals surface area contributed by atoms with Crippen molar-refractivity contribution in [1.82, 2.24) is 25.5 Å². The van der Waals surface area contributed by atoms with Crippen LogP contribution < -0.4 is 20.9 Å². The van der Waals surface area contributed by atoms with Gasteiger partial charge >= 0.3 is 0 Å². The molecular formula is C24H25FN8O2. The van der Waals surface area contributed by atoms with E-state index >= 15 is 0 Å². The van der Waals surface area contributed by atoms with E-state index in [0.29, 0.717) is 34.0 Å². The van der Waals surface area contributed by atoms with Crippen molar-refractivity contribution in [3.63, 3.8) is 0 Å². The average Bonchev–Trinajstić information content (AvgIpc) is 3.67. The molecule has 11 heteroatoms. The Morgan fingerprint density at radius 1 is 1.23 bits per heavy atom. The van der Waals surface area contributed by atoms with Crippen LogP contribution in [0.4, 0.5) is 27.4 Å². The number of hydrogen-bond acceptors (Lipinski definition) is 8. The van der Waals surface area contributed by atoms with Gasteiger partial charge in [-0.1, -0.05) is 0 Å². The Kier molecular flexibility index (Phi) is 4.70. The number of fused-ring (bicyclic) bond motifs is 3. The Morgan fingerprint density at radius 2 is 2.03 bits per heavy atom. The minimum absolute atomic E-state index is 0.0899. The van der Waals surface area contributed by atoms with Gasteiger partial charge < -0.3 is 20.9 Å². The lowest BCUT2D eigenvalue weighted by Crippen LogP contribution is -2.28. The molecule has 1 fully saturated rings. The molecular weight excluding hydrogens is 451 g/mol. The molecule has 2 aliphatic rings. The average molecular weight is 480 g/mol. The lowest BCUT2D eigenvalue weighted by atomic mass is 9.93. The zero-order chi connectivity index (χ0) is 27.4. The molecule has 0 bridgehead atoms. The molecule has 3 N–H and O–H groups in total. The number of nitrogens with zero attached hydrogens (tertiary/aromatic N) is 5. The van der Waals surface area contributed by atoms with Gasteiger partial charge in [-0.05, 0) is 38.8 Å². The van der Waals surface area contributed by atoms with E-state index in [-0.39, 0.29) is 35.1 Å². The molecule has 3 aromatic rings. The van der Waals surface area contributed by atoms with Crippen molar-refractivity contribution in [2.75, 3.05) is 29.6 Å². The van der Waals surface area contributed by atoms with Crippen LogP contribution in [0.25, 0.3) is 11.3 Å². The van der Waals surface area contributed by atoms with Crippen molar-refractivity contribution in [2.45, 2.75) is 32.7 Å². The maximum atomic E-state index is 14.0. The van der Waals surface area contributed by atoms with E-state index in [1.807, 2.05) is 30.3 Å². The lowest BCUT2D eigenvalue weighted by molar-refractivity contribution is -0.117. The van der Waals surface area contributed by atoms with Crippen molar-refractivity contribution in [1.29, 1.82) is 0 Å². The summed E-state index contributed by atoms with van der Waals surface area (Å²) < 4.78 is 36.2. The fourth-order valence-electron chi connectivity index (χ4n) is 4.17. The highest BCUT2D eigenvalue weighted by Gasteiger charge is 2.32. The van der Waals surface area contributed by atoms with Gasteiger partial charge in [0.1, 0.15) is 5.82 Å². The van der Waals surface area contributed by atoms with E-state index in [2.05, 4.69) is 30.8 Å². The molecule has 35 heavy (non-hydrogen) atoms. The Morgan fingerprint density at radius 3 is 2.77 bits per heavy atom. The lowest BCUT2D eigenvalue weighted by Gasteiger charge is -2.36. The topological polar surface area (TPSA) is 125 Å². The van der Waals surface area contributed by atoms with Gasteiger partial charge in [-0.25, -0.2) is 9.37 Å². The molecule has 1 saturated carbocycles. The van der Waals surface area contributed by atoms with E-state index in [1.165, 1.54) is 12.1 Å². The summed E-state index contributed by atoms with van der Waals surface area (Å²) >= 11 is 0. The van der Waals surface area contributed by atoms with Crippen molar-refractivity contribution in [2.24, 2.45) is 5.92 Å². The highest BCUT2D eigenvalue weighted by Crippen LogP contribution is 2.47. The SMILES string of the molecule is [2H]C([2H])([2H])NC(=O)c1nnc(NC(=O)C2CC2)cc1Nc1nc(C)cc2c1N(C)[C@@H](C)c1cc(F)cnc1-2. The van der Waals surface area contributed by atoms with E-state index in [4.69, 9.17) is 4.11 Å². The minimum Gasteiger partial charge on any atom is -0.364 e. The van der Waals surface area contributed by atoms with Crippen LogP contribution >= 0.6 is 0 Å². The molecule has 0 radical (unpaired) electrons. The number of carbonyl (C=O) groups is 2. The smallest absolute Gasteiger partial charge is 0.273 e. The van der Waals surface area contributed by atoms with Crippen LogP contribution in [0.1, 0.15) is 51.7 Å². The van der Waals surface area contributed by atoms with E-state index in [9.17, 15) is 14.0 Å². The maximum Gasteiger partial charge on any atom is 0.273 e. The number of anilines is 4. The zero-order valence-electron chi connectivity index (χ0n) is 22.3. The van der Waals surface area contributed by atoms with Crippen molar-refractivity contribution in [3.05, 3.63) is 47.2 Å². The third-order valence-electron chi connectivity index (χ3n) is 6.22. The number of hydrogen-bond donors (Lipinski definition) is 3. The Bertz CT molecular complexity index is 1460. The normalized spacial score (nSPS) is 17.9. The third kappa shape index (κ3) is 4.13. The first-order valence-electron chi connectivity index (χ1n) is 12.6. The molecule has 180 valence electrons. The third-order valence-corrected chi connectivity index (χ3v) is 6.22. The van der Waals surface area contributed by atoms with Gasteiger partial charge in [0.2, 0.25) is 5.91 Å². The number of rotatable bonds is 5. The van der Waals surface area contributed by atoms with Crippen molar-refractivity contribution >= 4 is 34.8 Å². The Labute approximate surface area is 205 Å². The summed E-state index contributed by atoms with van der Waals surface area (Å²) in [6, 6.07) is 4.44. The highest BCUT2D eigenvalue weighted by molar-refractivity contribution is 6.00. The first-order valence-corrected chi connectivity index (χ1v) is 11.1. The van der Waals surface area contributed by atoms with Crippen LogP contribution in [0, 0.1) is 18.7 Å². The van der Waals surface area contributed by atoms with Crippen LogP contribution in [0.15, 0.2) is 24.4 Å². The molecule has 0 unspecified atom stereocenters. The second-order valence-electron chi connectivity index (χ2n) is 8.72. The van der Waals surface area contributed by atoms with E-state index < -0.39 is 18.7 Å². The van der Waals surface area contributed by atoms with Crippen molar-refractivity contribution < 1.29 is 18.1 Å². The molecule has 0 saturated heterocycles. The zero-order valence-corrected chi connectivity index (χ0v) is 19.3. The van der Waals surface area contributed by atoms with Gasteiger partial charge in [-0.2, -0.15) is 0 Å². The standard InChI is InChI=1S/C24H25FN8O2/c1-11-7-16-19-15(8-14(25)10-27-19)12(2)33(4)21(16)22(28-11)29-17-9-18(30-23(34)13-5-6-13)31-32-20(17)24(35)26-3/h7-10,12-13H,5-6H2,1-4H3,(H,26,35)(H2,28,29,30,31,34)/t12-/m0/s1/i3D3. The number of carbonyl (C=O) groups excluding carboxylic acids is 2. The first-order chi connectivity index (χ1) is 17.9. The number of aromatic nitrogens is 4. The summed E-state index contributed by atoms with van der Waals surface area (Å²) in [5, 5.41) is 15.5. The van der Waals surface area contributed by atoms with Gasteiger partial charge in [0.05, 0.1) is 29.3 Å². The van der Waals surface area contributed by atoms with Gasteiger partial charge in [0.25, 0.3) is 5.91 Å². The predicted octanol–water partition coefficient (Wildman–Crippen LogP) is 3.34. The van der Waals surface area contributed by atoms with Gasteiger partial charge in [-0.3, -0.25) is 14.6 Å². The number of pyridine rings is 2. The van der Waals surface area contributed by atoms with Crippen LogP contribution in [0.5, 0.6) is 0 Å².